The lowest BCUT2D eigenvalue weighted by molar-refractivity contribution is 0.819. The summed E-state index contributed by atoms with van der Waals surface area (Å²) in [5, 5.41) is 1.01. The van der Waals surface area contributed by atoms with Crippen molar-refractivity contribution in [3.8, 4) is 0 Å². The van der Waals surface area contributed by atoms with E-state index >= 15 is 0 Å². The highest BCUT2D eigenvalue weighted by Crippen LogP contribution is 2.29. The SMILES string of the molecule is Cc1cc(C)c(C(N)c2ncc(Cl)cc2Cl)cc1C. The third-order valence-corrected chi connectivity index (χ3v) is 3.86. The first kappa shape index (κ1) is 14.3. The van der Waals surface area contributed by atoms with Crippen LogP contribution in [0, 0.1) is 20.8 Å². The zero-order valence-electron chi connectivity index (χ0n) is 11.2. The summed E-state index contributed by atoms with van der Waals surface area (Å²) in [7, 11) is 0. The summed E-state index contributed by atoms with van der Waals surface area (Å²) >= 11 is 12.0. The van der Waals surface area contributed by atoms with Gasteiger partial charge in [-0.25, -0.2) is 0 Å². The lowest BCUT2D eigenvalue weighted by Crippen LogP contribution is -2.16. The van der Waals surface area contributed by atoms with Gasteiger partial charge in [0.2, 0.25) is 0 Å². The van der Waals surface area contributed by atoms with E-state index in [9.17, 15) is 0 Å². The van der Waals surface area contributed by atoms with Crippen LogP contribution in [0.15, 0.2) is 24.4 Å². The molecule has 2 aromatic rings. The third-order valence-electron chi connectivity index (χ3n) is 3.35. The Morgan fingerprint density at radius 3 is 2.26 bits per heavy atom. The molecular weight excluding hydrogens is 279 g/mol. The molecule has 2 N–H and O–H groups in total. The number of nitrogens with zero attached hydrogens (tertiary/aromatic N) is 1. The first-order chi connectivity index (χ1) is 8.90. The molecule has 2 rings (SSSR count). The van der Waals surface area contributed by atoms with E-state index in [4.69, 9.17) is 28.9 Å². The number of pyridine rings is 1. The highest BCUT2D eigenvalue weighted by atomic mass is 35.5. The molecule has 0 fully saturated rings. The molecular formula is C15H16Cl2N2. The third kappa shape index (κ3) is 2.92. The second kappa shape index (κ2) is 5.49. The number of hydrogen-bond acceptors (Lipinski definition) is 2. The van der Waals surface area contributed by atoms with Gasteiger partial charge in [0.1, 0.15) is 0 Å². The molecule has 0 saturated carbocycles. The van der Waals surface area contributed by atoms with Crippen molar-refractivity contribution < 1.29 is 0 Å². The van der Waals surface area contributed by atoms with E-state index in [0.29, 0.717) is 15.7 Å². The van der Waals surface area contributed by atoms with Crippen molar-refractivity contribution in [1.29, 1.82) is 0 Å². The van der Waals surface area contributed by atoms with E-state index < -0.39 is 0 Å². The van der Waals surface area contributed by atoms with Crippen molar-refractivity contribution in [2.75, 3.05) is 0 Å². The Kier molecular flexibility index (Phi) is 4.14. The monoisotopic (exact) mass is 294 g/mol. The predicted octanol–water partition coefficient (Wildman–Crippen LogP) is 4.36. The summed E-state index contributed by atoms with van der Waals surface area (Å²) in [5.41, 5.74) is 11.6. The molecule has 1 aromatic carbocycles. The van der Waals surface area contributed by atoms with E-state index in [1.807, 2.05) is 6.92 Å². The molecule has 0 aliphatic heterocycles. The minimum Gasteiger partial charge on any atom is -0.319 e. The Balaban J connectivity index is 2.49. The number of rotatable bonds is 2. The Bertz CT molecular complexity index is 624. The Morgan fingerprint density at radius 2 is 1.63 bits per heavy atom. The maximum Gasteiger partial charge on any atom is 0.0803 e. The summed E-state index contributed by atoms with van der Waals surface area (Å²) in [6, 6.07) is 5.56. The highest BCUT2D eigenvalue weighted by molar-refractivity contribution is 6.34. The predicted molar refractivity (Wildman–Crippen MR) is 80.9 cm³/mol. The smallest absolute Gasteiger partial charge is 0.0803 e. The molecule has 1 heterocycles. The summed E-state index contributed by atoms with van der Waals surface area (Å²) in [5.74, 6) is 0. The molecule has 1 unspecified atom stereocenters. The fourth-order valence-corrected chi connectivity index (χ4v) is 2.62. The van der Waals surface area contributed by atoms with Gasteiger partial charge in [0, 0.05) is 6.20 Å². The van der Waals surface area contributed by atoms with E-state index in [-0.39, 0.29) is 6.04 Å². The van der Waals surface area contributed by atoms with Crippen LogP contribution >= 0.6 is 23.2 Å². The highest BCUT2D eigenvalue weighted by Gasteiger charge is 2.17. The maximum absolute atomic E-state index is 6.30. The normalized spacial score (nSPS) is 12.5. The minimum atomic E-state index is -0.343. The molecule has 0 radical (unpaired) electrons. The molecule has 100 valence electrons. The number of hydrogen-bond donors (Lipinski definition) is 1. The van der Waals surface area contributed by atoms with E-state index in [1.54, 1.807) is 12.3 Å². The van der Waals surface area contributed by atoms with Crippen LogP contribution in [0.3, 0.4) is 0 Å². The average Bonchev–Trinajstić information content (AvgIpc) is 2.33. The second-order valence-corrected chi connectivity index (χ2v) is 5.63. The van der Waals surface area contributed by atoms with E-state index in [2.05, 4.69) is 31.0 Å². The molecule has 0 aliphatic carbocycles. The summed E-state index contributed by atoms with van der Waals surface area (Å²) < 4.78 is 0. The lowest BCUT2D eigenvalue weighted by Gasteiger charge is -2.17. The van der Waals surface area contributed by atoms with Crippen molar-refractivity contribution in [1.82, 2.24) is 4.98 Å². The number of aromatic nitrogens is 1. The van der Waals surface area contributed by atoms with Gasteiger partial charge in [-0.05, 0) is 49.1 Å². The van der Waals surface area contributed by atoms with Gasteiger partial charge >= 0.3 is 0 Å². The van der Waals surface area contributed by atoms with Crippen LogP contribution in [-0.2, 0) is 0 Å². The number of nitrogens with two attached hydrogens (primary N) is 1. The van der Waals surface area contributed by atoms with Crippen molar-refractivity contribution in [3.63, 3.8) is 0 Å². The van der Waals surface area contributed by atoms with Gasteiger partial charge in [0.05, 0.1) is 21.8 Å². The first-order valence-electron chi connectivity index (χ1n) is 6.04. The molecule has 0 amide bonds. The average molecular weight is 295 g/mol. The van der Waals surface area contributed by atoms with E-state index in [0.717, 1.165) is 11.1 Å². The fraction of sp³-hybridized carbons (Fsp3) is 0.267. The number of halogens is 2. The molecule has 0 spiro atoms. The van der Waals surface area contributed by atoms with Gasteiger partial charge in [0.15, 0.2) is 0 Å². The topological polar surface area (TPSA) is 38.9 Å². The standard InChI is InChI=1S/C15H16Cl2N2/c1-8-4-10(3)12(5-9(8)2)14(18)15-13(17)6-11(16)7-19-15/h4-7,14H,18H2,1-3H3. The molecule has 0 aliphatic rings. The molecule has 1 atom stereocenters. The first-order valence-corrected chi connectivity index (χ1v) is 6.80. The van der Waals surface area contributed by atoms with Crippen molar-refractivity contribution in [2.45, 2.75) is 26.8 Å². The van der Waals surface area contributed by atoms with Gasteiger partial charge in [-0.3, -0.25) is 4.98 Å². The maximum atomic E-state index is 6.30. The van der Waals surface area contributed by atoms with Crippen LogP contribution < -0.4 is 5.73 Å². The van der Waals surface area contributed by atoms with Crippen LogP contribution in [0.4, 0.5) is 0 Å². The van der Waals surface area contributed by atoms with Gasteiger partial charge in [-0.2, -0.15) is 0 Å². The summed E-state index contributed by atoms with van der Waals surface area (Å²) in [6.45, 7) is 6.21. The quantitative estimate of drug-likeness (QED) is 0.894. The summed E-state index contributed by atoms with van der Waals surface area (Å²) in [4.78, 5) is 4.26. The minimum absolute atomic E-state index is 0.343. The van der Waals surface area contributed by atoms with Crippen molar-refractivity contribution in [3.05, 3.63) is 62.4 Å². The second-order valence-electron chi connectivity index (χ2n) is 4.79. The van der Waals surface area contributed by atoms with Gasteiger partial charge < -0.3 is 5.73 Å². The Hall–Kier alpha value is -1.09. The molecule has 19 heavy (non-hydrogen) atoms. The van der Waals surface area contributed by atoms with Crippen LogP contribution in [0.2, 0.25) is 10.0 Å². The van der Waals surface area contributed by atoms with Crippen molar-refractivity contribution >= 4 is 23.2 Å². The Morgan fingerprint density at radius 1 is 1.00 bits per heavy atom. The largest absolute Gasteiger partial charge is 0.319 e. The van der Waals surface area contributed by atoms with Gasteiger partial charge in [0.25, 0.3) is 0 Å². The van der Waals surface area contributed by atoms with Crippen LogP contribution in [0.5, 0.6) is 0 Å². The molecule has 0 bridgehead atoms. The molecule has 2 nitrogen and oxygen atoms in total. The summed E-state index contributed by atoms with van der Waals surface area (Å²) in [6.07, 6.45) is 1.57. The lowest BCUT2D eigenvalue weighted by atomic mass is 9.94. The van der Waals surface area contributed by atoms with Crippen LogP contribution in [0.1, 0.15) is 34.0 Å². The Labute approximate surface area is 123 Å². The number of benzene rings is 1. The zero-order chi connectivity index (χ0) is 14.2. The van der Waals surface area contributed by atoms with Gasteiger partial charge in [-0.1, -0.05) is 35.3 Å². The van der Waals surface area contributed by atoms with Crippen LogP contribution in [-0.4, -0.2) is 4.98 Å². The molecule has 0 saturated heterocycles. The molecule has 4 heteroatoms. The number of aryl methyl sites for hydroxylation is 3. The molecule has 1 aromatic heterocycles. The zero-order valence-corrected chi connectivity index (χ0v) is 12.7. The van der Waals surface area contributed by atoms with E-state index in [1.165, 1.54) is 11.1 Å². The van der Waals surface area contributed by atoms with Crippen molar-refractivity contribution in [2.24, 2.45) is 5.73 Å². The van der Waals surface area contributed by atoms with Gasteiger partial charge in [-0.15, -0.1) is 0 Å². The fourth-order valence-electron chi connectivity index (χ4n) is 2.12. The van der Waals surface area contributed by atoms with Crippen LogP contribution in [0.25, 0.3) is 0 Å².